The third-order valence-electron chi connectivity index (χ3n) is 3.14. The summed E-state index contributed by atoms with van der Waals surface area (Å²) in [5, 5.41) is 5.55. The summed E-state index contributed by atoms with van der Waals surface area (Å²) < 4.78 is 12.7. The van der Waals surface area contributed by atoms with E-state index >= 15 is 0 Å². The van der Waals surface area contributed by atoms with Gasteiger partial charge in [0.25, 0.3) is 0 Å². The molecule has 2 aromatic rings. The minimum Gasteiger partial charge on any atom is -0.338 e. The molecule has 2 aromatic carbocycles. The van der Waals surface area contributed by atoms with Crippen LogP contribution in [0.3, 0.4) is 0 Å². The Kier molecular flexibility index (Phi) is 5.76. The van der Waals surface area contributed by atoms with Crippen LogP contribution in [0.4, 0.5) is 9.18 Å². The van der Waals surface area contributed by atoms with Crippen molar-refractivity contribution >= 4 is 6.03 Å². The summed E-state index contributed by atoms with van der Waals surface area (Å²) in [6.45, 7) is 1.02. The number of benzene rings is 2. The van der Waals surface area contributed by atoms with Crippen LogP contribution in [0, 0.1) is 5.82 Å². The van der Waals surface area contributed by atoms with E-state index in [1.807, 2.05) is 18.2 Å². The summed E-state index contributed by atoms with van der Waals surface area (Å²) in [4.78, 5) is 11.6. The van der Waals surface area contributed by atoms with E-state index in [1.165, 1.54) is 17.7 Å². The molecule has 0 bridgehead atoms. The minimum absolute atomic E-state index is 0.201. The molecular formula is C17H19FN2O. The second-order valence-electron chi connectivity index (χ2n) is 4.83. The summed E-state index contributed by atoms with van der Waals surface area (Å²) >= 11 is 0. The van der Waals surface area contributed by atoms with Crippen molar-refractivity contribution in [2.24, 2.45) is 0 Å². The molecule has 0 atom stereocenters. The van der Waals surface area contributed by atoms with Crippen LogP contribution in [0.5, 0.6) is 0 Å². The summed E-state index contributed by atoms with van der Waals surface area (Å²) in [6.07, 6.45) is 1.84. The fraction of sp³-hybridized carbons (Fsp3) is 0.235. The Morgan fingerprint density at radius 3 is 2.33 bits per heavy atom. The average molecular weight is 286 g/mol. The van der Waals surface area contributed by atoms with Gasteiger partial charge in [-0.25, -0.2) is 9.18 Å². The molecule has 3 nitrogen and oxygen atoms in total. The molecule has 0 aliphatic heterocycles. The molecule has 0 spiro atoms. The van der Waals surface area contributed by atoms with Crippen molar-refractivity contribution in [2.45, 2.75) is 19.4 Å². The van der Waals surface area contributed by atoms with Gasteiger partial charge in [-0.15, -0.1) is 0 Å². The number of halogens is 1. The van der Waals surface area contributed by atoms with E-state index in [4.69, 9.17) is 0 Å². The number of carbonyl (C=O) groups is 1. The monoisotopic (exact) mass is 286 g/mol. The predicted molar refractivity (Wildman–Crippen MR) is 81.4 cm³/mol. The molecule has 0 saturated carbocycles. The average Bonchev–Trinajstić information content (AvgIpc) is 2.52. The van der Waals surface area contributed by atoms with Crippen molar-refractivity contribution in [1.82, 2.24) is 10.6 Å². The number of rotatable bonds is 6. The Morgan fingerprint density at radius 2 is 1.62 bits per heavy atom. The lowest BCUT2D eigenvalue weighted by Gasteiger charge is -2.08. The zero-order valence-electron chi connectivity index (χ0n) is 11.8. The number of nitrogens with one attached hydrogen (secondary N) is 2. The van der Waals surface area contributed by atoms with Crippen molar-refractivity contribution < 1.29 is 9.18 Å². The molecule has 0 heterocycles. The van der Waals surface area contributed by atoms with E-state index < -0.39 is 0 Å². The van der Waals surface area contributed by atoms with Crippen molar-refractivity contribution in [3.8, 4) is 0 Å². The molecule has 4 heteroatoms. The zero-order valence-corrected chi connectivity index (χ0v) is 11.8. The van der Waals surface area contributed by atoms with Gasteiger partial charge in [0, 0.05) is 13.1 Å². The first-order chi connectivity index (χ1) is 10.2. The third kappa shape index (κ3) is 5.65. The van der Waals surface area contributed by atoms with Gasteiger partial charge >= 0.3 is 6.03 Å². The number of hydrogen-bond donors (Lipinski definition) is 2. The van der Waals surface area contributed by atoms with Crippen molar-refractivity contribution in [2.75, 3.05) is 6.54 Å². The van der Waals surface area contributed by atoms with Gasteiger partial charge in [0.1, 0.15) is 5.82 Å². The van der Waals surface area contributed by atoms with E-state index in [-0.39, 0.29) is 11.8 Å². The highest BCUT2D eigenvalue weighted by Gasteiger charge is 2.00. The van der Waals surface area contributed by atoms with Crippen LogP contribution in [0.1, 0.15) is 17.5 Å². The molecule has 0 radical (unpaired) electrons. The molecule has 0 aromatic heterocycles. The summed E-state index contributed by atoms with van der Waals surface area (Å²) in [5.74, 6) is -0.274. The predicted octanol–water partition coefficient (Wildman–Crippen LogP) is 3.26. The van der Waals surface area contributed by atoms with Crippen molar-refractivity contribution in [3.63, 3.8) is 0 Å². The molecule has 2 N–H and O–H groups in total. The van der Waals surface area contributed by atoms with Crippen LogP contribution in [-0.4, -0.2) is 12.6 Å². The first-order valence-corrected chi connectivity index (χ1v) is 7.04. The Bertz CT molecular complexity index is 555. The largest absolute Gasteiger partial charge is 0.338 e. The smallest absolute Gasteiger partial charge is 0.315 e. The molecule has 2 rings (SSSR count). The van der Waals surface area contributed by atoms with Crippen LogP contribution in [0.25, 0.3) is 0 Å². The van der Waals surface area contributed by atoms with Crippen LogP contribution in [0.2, 0.25) is 0 Å². The molecule has 0 aliphatic rings. The highest BCUT2D eigenvalue weighted by atomic mass is 19.1. The van der Waals surface area contributed by atoms with Gasteiger partial charge < -0.3 is 10.6 Å². The normalized spacial score (nSPS) is 10.1. The highest BCUT2D eigenvalue weighted by Crippen LogP contribution is 2.02. The number of hydrogen-bond acceptors (Lipinski definition) is 1. The lowest BCUT2D eigenvalue weighted by molar-refractivity contribution is 0.240. The first-order valence-electron chi connectivity index (χ1n) is 7.04. The Labute approximate surface area is 124 Å². The first kappa shape index (κ1) is 15.0. The third-order valence-corrected chi connectivity index (χ3v) is 3.14. The van der Waals surface area contributed by atoms with Crippen LogP contribution in [-0.2, 0) is 13.0 Å². The SMILES string of the molecule is O=C(NCCCc1ccccc1)NCc1ccc(F)cc1. The standard InChI is InChI=1S/C17H19FN2O/c18-16-10-8-15(9-11-16)13-20-17(21)19-12-4-7-14-5-2-1-3-6-14/h1-3,5-6,8-11H,4,7,12-13H2,(H2,19,20,21). The van der Waals surface area contributed by atoms with E-state index in [9.17, 15) is 9.18 Å². The Balaban J connectivity index is 1.60. The Hall–Kier alpha value is -2.36. The topological polar surface area (TPSA) is 41.1 Å². The maximum atomic E-state index is 12.7. The quantitative estimate of drug-likeness (QED) is 0.786. The van der Waals surface area contributed by atoms with Gasteiger partial charge in [-0.3, -0.25) is 0 Å². The second-order valence-corrected chi connectivity index (χ2v) is 4.83. The molecule has 0 fully saturated rings. The van der Waals surface area contributed by atoms with Gasteiger partial charge in [0.2, 0.25) is 0 Å². The second kappa shape index (κ2) is 8.04. The number of carbonyl (C=O) groups excluding carboxylic acids is 1. The fourth-order valence-corrected chi connectivity index (χ4v) is 1.99. The van der Waals surface area contributed by atoms with Crippen molar-refractivity contribution in [1.29, 1.82) is 0 Å². The van der Waals surface area contributed by atoms with E-state index in [0.29, 0.717) is 13.1 Å². The molecule has 2 amide bonds. The molecule has 110 valence electrons. The van der Waals surface area contributed by atoms with Crippen molar-refractivity contribution in [3.05, 3.63) is 71.5 Å². The summed E-state index contributed by atoms with van der Waals surface area (Å²) in [6, 6.07) is 16.1. The molecule has 0 aliphatic carbocycles. The highest BCUT2D eigenvalue weighted by molar-refractivity contribution is 5.73. The Morgan fingerprint density at radius 1 is 0.905 bits per heavy atom. The van der Waals surface area contributed by atoms with Gasteiger partial charge in [-0.1, -0.05) is 42.5 Å². The van der Waals surface area contributed by atoms with Gasteiger partial charge in [0.15, 0.2) is 0 Å². The zero-order chi connectivity index (χ0) is 14.9. The maximum absolute atomic E-state index is 12.7. The molecule has 21 heavy (non-hydrogen) atoms. The van der Waals surface area contributed by atoms with E-state index in [0.717, 1.165) is 18.4 Å². The molecule has 0 unspecified atom stereocenters. The molecule has 0 saturated heterocycles. The van der Waals surface area contributed by atoms with Crippen LogP contribution >= 0.6 is 0 Å². The summed E-state index contributed by atoms with van der Waals surface area (Å²) in [7, 11) is 0. The number of amides is 2. The van der Waals surface area contributed by atoms with Crippen LogP contribution < -0.4 is 10.6 Å². The minimum atomic E-state index is -0.274. The maximum Gasteiger partial charge on any atom is 0.315 e. The number of urea groups is 1. The van der Waals surface area contributed by atoms with Gasteiger partial charge in [-0.05, 0) is 36.1 Å². The lowest BCUT2D eigenvalue weighted by Crippen LogP contribution is -2.35. The van der Waals surface area contributed by atoms with Crippen LogP contribution in [0.15, 0.2) is 54.6 Å². The van der Waals surface area contributed by atoms with Gasteiger partial charge in [0.05, 0.1) is 0 Å². The molecular weight excluding hydrogens is 267 g/mol. The van der Waals surface area contributed by atoms with E-state index in [1.54, 1.807) is 12.1 Å². The van der Waals surface area contributed by atoms with E-state index in [2.05, 4.69) is 22.8 Å². The lowest BCUT2D eigenvalue weighted by atomic mass is 10.1. The summed E-state index contributed by atoms with van der Waals surface area (Å²) in [5.41, 5.74) is 2.14. The number of aryl methyl sites for hydroxylation is 1. The van der Waals surface area contributed by atoms with Gasteiger partial charge in [-0.2, -0.15) is 0 Å². The fourth-order valence-electron chi connectivity index (χ4n) is 1.99.